The van der Waals surface area contributed by atoms with E-state index in [9.17, 15) is 15.0 Å². The van der Waals surface area contributed by atoms with Crippen molar-refractivity contribution in [1.29, 1.82) is 0 Å². The fourth-order valence-electron chi connectivity index (χ4n) is 6.77. The van der Waals surface area contributed by atoms with Crippen LogP contribution < -0.4 is 5.32 Å². The molecule has 0 aromatic heterocycles. The maximum Gasteiger partial charge on any atom is 0.220 e. The van der Waals surface area contributed by atoms with E-state index < -0.39 is 12.1 Å². The summed E-state index contributed by atoms with van der Waals surface area (Å²) in [5, 5.41) is 22.9. The summed E-state index contributed by atoms with van der Waals surface area (Å²) in [4.78, 5) is 12.3. The van der Waals surface area contributed by atoms with Gasteiger partial charge in [-0.2, -0.15) is 0 Å². The van der Waals surface area contributed by atoms with E-state index in [2.05, 4.69) is 55.6 Å². The largest absolute Gasteiger partial charge is 0.394 e. The van der Waals surface area contributed by atoms with Crippen molar-refractivity contribution in [3.8, 4) is 0 Å². The molecule has 0 aromatic rings. The second-order valence-electron chi connectivity index (χ2n) is 15.5. The van der Waals surface area contributed by atoms with Crippen LogP contribution >= 0.6 is 0 Å². The molecule has 0 aliphatic rings. The van der Waals surface area contributed by atoms with Crippen molar-refractivity contribution in [3.05, 3.63) is 48.6 Å². The van der Waals surface area contributed by atoms with Gasteiger partial charge in [-0.3, -0.25) is 4.79 Å². The third-order valence-electron chi connectivity index (χ3n) is 10.3. The van der Waals surface area contributed by atoms with E-state index in [-0.39, 0.29) is 12.5 Å². The van der Waals surface area contributed by atoms with Gasteiger partial charge in [0.25, 0.3) is 0 Å². The van der Waals surface area contributed by atoms with Gasteiger partial charge in [0.1, 0.15) is 0 Å². The minimum atomic E-state index is -0.836. The molecule has 4 heteroatoms. The molecule has 0 aliphatic carbocycles. The lowest BCUT2D eigenvalue weighted by Gasteiger charge is -2.20. The van der Waals surface area contributed by atoms with Crippen molar-refractivity contribution in [3.63, 3.8) is 0 Å². The van der Waals surface area contributed by atoms with Gasteiger partial charge >= 0.3 is 0 Å². The van der Waals surface area contributed by atoms with Gasteiger partial charge in [0.05, 0.1) is 18.8 Å². The molecule has 0 spiro atoms. The summed E-state index contributed by atoms with van der Waals surface area (Å²) in [5.41, 5.74) is 0. The van der Waals surface area contributed by atoms with Crippen LogP contribution in [0, 0.1) is 0 Å². The van der Waals surface area contributed by atoms with Crippen LogP contribution in [-0.4, -0.2) is 34.9 Å². The van der Waals surface area contributed by atoms with Gasteiger partial charge in [0.2, 0.25) is 5.91 Å². The number of allylic oxidation sites excluding steroid dienone is 7. The first-order chi connectivity index (χ1) is 25.7. The SMILES string of the molecule is CCCCCCC/C=C\C/C=C\C/C=C\CCCCCCCCCCCCCCCCCCC(=O)NC(CO)C(O)/C=C/CCCCCCCCC. The number of carbonyl (C=O) groups is 1. The lowest BCUT2D eigenvalue weighted by atomic mass is 10.0. The van der Waals surface area contributed by atoms with Crippen LogP contribution in [0.3, 0.4) is 0 Å². The van der Waals surface area contributed by atoms with Crippen molar-refractivity contribution in [2.45, 2.75) is 244 Å². The van der Waals surface area contributed by atoms with Crippen LogP contribution in [0.25, 0.3) is 0 Å². The predicted octanol–water partition coefficient (Wildman–Crippen LogP) is 14.4. The minimum Gasteiger partial charge on any atom is -0.394 e. The van der Waals surface area contributed by atoms with Crippen molar-refractivity contribution < 1.29 is 15.0 Å². The Balaban J connectivity index is 3.46. The number of unbranched alkanes of at least 4 members (excludes halogenated alkanes) is 28. The van der Waals surface area contributed by atoms with Crippen molar-refractivity contribution >= 4 is 5.91 Å². The normalized spacial score (nSPS) is 13.4. The summed E-state index contributed by atoms with van der Waals surface area (Å²) in [6.07, 6.45) is 59.5. The molecule has 0 saturated heterocycles. The summed E-state index contributed by atoms with van der Waals surface area (Å²) in [6, 6.07) is -0.619. The second kappa shape index (κ2) is 43.8. The van der Waals surface area contributed by atoms with E-state index in [0.29, 0.717) is 6.42 Å². The Morgan fingerprint density at radius 3 is 1.17 bits per heavy atom. The number of hydrogen-bond donors (Lipinski definition) is 3. The maximum absolute atomic E-state index is 12.3. The molecule has 0 radical (unpaired) electrons. The van der Waals surface area contributed by atoms with E-state index in [1.54, 1.807) is 6.08 Å². The zero-order valence-corrected chi connectivity index (χ0v) is 34.8. The number of nitrogens with one attached hydrogen (secondary N) is 1. The first-order valence-electron chi connectivity index (χ1n) is 22.9. The molecule has 0 rings (SSSR count). The molecule has 1 amide bonds. The number of aliphatic hydroxyl groups excluding tert-OH is 2. The monoisotopic (exact) mass is 728 g/mol. The minimum absolute atomic E-state index is 0.0667. The number of aliphatic hydroxyl groups is 2. The Hall–Kier alpha value is -1.65. The second-order valence-corrected chi connectivity index (χ2v) is 15.5. The van der Waals surface area contributed by atoms with Crippen LogP contribution in [0.4, 0.5) is 0 Å². The van der Waals surface area contributed by atoms with E-state index in [1.807, 2.05) is 6.08 Å². The summed E-state index contributed by atoms with van der Waals surface area (Å²) in [7, 11) is 0. The fourth-order valence-corrected chi connectivity index (χ4v) is 6.77. The van der Waals surface area contributed by atoms with Crippen LogP contribution in [-0.2, 0) is 4.79 Å². The third kappa shape index (κ3) is 39.6. The van der Waals surface area contributed by atoms with Crippen molar-refractivity contribution in [2.24, 2.45) is 0 Å². The summed E-state index contributed by atoms with van der Waals surface area (Å²) < 4.78 is 0. The average molecular weight is 728 g/mol. The highest BCUT2D eigenvalue weighted by molar-refractivity contribution is 5.76. The zero-order chi connectivity index (χ0) is 37.8. The highest BCUT2D eigenvalue weighted by Gasteiger charge is 2.17. The van der Waals surface area contributed by atoms with E-state index in [1.165, 1.54) is 173 Å². The molecule has 0 saturated carbocycles. The lowest BCUT2D eigenvalue weighted by molar-refractivity contribution is -0.123. The van der Waals surface area contributed by atoms with Crippen LogP contribution in [0.5, 0.6) is 0 Å². The number of rotatable bonds is 41. The predicted molar refractivity (Wildman–Crippen MR) is 230 cm³/mol. The van der Waals surface area contributed by atoms with Crippen molar-refractivity contribution in [1.82, 2.24) is 5.32 Å². The maximum atomic E-state index is 12.3. The van der Waals surface area contributed by atoms with E-state index in [0.717, 1.165) is 38.5 Å². The smallest absolute Gasteiger partial charge is 0.220 e. The average Bonchev–Trinajstić information content (AvgIpc) is 3.15. The first kappa shape index (κ1) is 50.4. The Bertz CT molecular complexity index is 831. The zero-order valence-electron chi connectivity index (χ0n) is 34.8. The van der Waals surface area contributed by atoms with Crippen LogP contribution in [0.15, 0.2) is 48.6 Å². The topological polar surface area (TPSA) is 69.6 Å². The van der Waals surface area contributed by atoms with Gasteiger partial charge in [0, 0.05) is 6.42 Å². The molecule has 0 heterocycles. The van der Waals surface area contributed by atoms with Crippen LogP contribution in [0.1, 0.15) is 232 Å². The molecule has 0 fully saturated rings. The molecule has 4 nitrogen and oxygen atoms in total. The molecular formula is C48H89NO3. The Morgan fingerprint density at radius 1 is 0.462 bits per heavy atom. The van der Waals surface area contributed by atoms with E-state index >= 15 is 0 Å². The van der Waals surface area contributed by atoms with Gasteiger partial charge in [-0.1, -0.05) is 217 Å². The fraction of sp³-hybridized carbons (Fsp3) is 0.812. The van der Waals surface area contributed by atoms with Gasteiger partial charge in [-0.25, -0.2) is 0 Å². The first-order valence-corrected chi connectivity index (χ1v) is 22.9. The molecule has 0 bridgehead atoms. The van der Waals surface area contributed by atoms with Gasteiger partial charge in [-0.05, 0) is 57.8 Å². The summed E-state index contributed by atoms with van der Waals surface area (Å²) in [5.74, 6) is -0.0667. The molecule has 3 N–H and O–H groups in total. The van der Waals surface area contributed by atoms with Gasteiger partial charge in [0.15, 0.2) is 0 Å². The standard InChI is InChI=1S/C48H89NO3/c1-3-5-7-9-11-13-14-15-16-17-18-19-20-21-22-23-24-25-26-27-28-29-30-31-32-33-34-36-38-40-42-44-48(52)49-46(45-50)47(51)43-41-39-37-35-12-10-8-6-4-2/h14-15,17-18,20-21,41,43,46-47,50-51H,3-13,16,19,22-40,42,44-45H2,1-2H3,(H,49,52)/b15-14-,18-17-,21-20-,43-41+. The molecule has 2 unspecified atom stereocenters. The van der Waals surface area contributed by atoms with Gasteiger partial charge in [-0.15, -0.1) is 0 Å². The Labute approximate surface area is 324 Å². The molecule has 0 aromatic carbocycles. The third-order valence-corrected chi connectivity index (χ3v) is 10.3. The van der Waals surface area contributed by atoms with Crippen LogP contribution in [0.2, 0.25) is 0 Å². The molecular weight excluding hydrogens is 639 g/mol. The Morgan fingerprint density at radius 2 is 0.788 bits per heavy atom. The number of amides is 1. The quantitative estimate of drug-likeness (QED) is 0.0434. The number of carbonyl (C=O) groups excluding carboxylic acids is 1. The summed E-state index contributed by atoms with van der Waals surface area (Å²) >= 11 is 0. The Kier molecular flexibility index (Phi) is 42.4. The van der Waals surface area contributed by atoms with Gasteiger partial charge < -0.3 is 15.5 Å². The molecule has 2 atom stereocenters. The highest BCUT2D eigenvalue weighted by Crippen LogP contribution is 2.15. The summed E-state index contributed by atoms with van der Waals surface area (Å²) in [6.45, 7) is 4.27. The number of hydrogen-bond acceptors (Lipinski definition) is 3. The molecule has 304 valence electrons. The molecule has 0 aliphatic heterocycles. The highest BCUT2D eigenvalue weighted by atomic mass is 16.3. The lowest BCUT2D eigenvalue weighted by Crippen LogP contribution is -2.45. The van der Waals surface area contributed by atoms with E-state index in [4.69, 9.17) is 0 Å². The molecule has 52 heavy (non-hydrogen) atoms. The van der Waals surface area contributed by atoms with Crippen molar-refractivity contribution in [2.75, 3.05) is 6.61 Å².